The van der Waals surface area contributed by atoms with E-state index in [1.165, 1.54) is 20.0 Å². The molecule has 0 aromatic heterocycles. The fraction of sp³-hybridized carbons (Fsp3) is 0.938. The van der Waals surface area contributed by atoms with Crippen molar-refractivity contribution in [2.75, 3.05) is 20.3 Å². The highest BCUT2D eigenvalue weighted by Crippen LogP contribution is 2.37. The summed E-state index contributed by atoms with van der Waals surface area (Å²) in [7, 11) is 1.45. The van der Waals surface area contributed by atoms with E-state index in [0.717, 1.165) is 25.8 Å². The fourth-order valence-corrected chi connectivity index (χ4v) is 3.76. The van der Waals surface area contributed by atoms with Crippen molar-refractivity contribution in [3.8, 4) is 0 Å². The van der Waals surface area contributed by atoms with Crippen molar-refractivity contribution in [1.82, 2.24) is 4.90 Å². The second-order valence-electron chi connectivity index (χ2n) is 6.00. The number of fused-ring (bicyclic) bond motifs is 1. The molecule has 0 bridgehead atoms. The summed E-state index contributed by atoms with van der Waals surface area (Å²) in [6, 6.07) is 1.08. The summed E-state index contributed by atoms with van der Waals surface area (Å²) in [5, 5.41) is 0. The van der Waals surface area contributed by atoms with E-state index in [4.69, 9.17) is 14.2 Å². The molecule has 122 valence electrons. The average molecular weight is 299 g/mol. The van der Waals surface area contributed by atoms with Crippen LogP contribution < -0.4 is 0 Å². The maximum atomic E-state index is 11.2. The molecule has 0 aromatic carbocycles. The van der Waals surface area contributed by atoms with E-state index in [0.29, 0.717) is 25.1 Å². The summed E-state index contributed by atoms with van der Waals surface area (Å²) in [6.07, 6.45) is 6.14. The molecule has 0 N–H and O–H groups in total. The average Bonchev–Trinajstić information content (AvgIpc) is 3.04. The van der Waals surface area contributed by atoms with E-state index in [1.54, 1.807) is 0 Å². The van der Waals surface area contributed by atoms with Gasteiger partial charge in [-0.15, -0.1) is 0 Å². The first-order valence-electron chi connectivity index (χ1n) is 8.25. The van der Waals surface area contributed by atoms with Gasteiger partial charge in [0.15, 0.2) is 6.29 Å². The van der Waals surface area contributed by atoms with E-state index in [-0.39, 0.29) is 18.4 Å². The zero-order valence-corrected chi connectivity index (χ0v) is 13.5. The van der Waals surface area contributed by atoms with Crippen molar-refractivity contribution in [2.45, 2.75) is 76.9 Å². The van der Waals surface area contributed by atoms with Crippen LogP contribution in [0.2, 0.25) is 0 Å². The molecule has 2 aliphatic rings. The predicted molar refractivity (Wildman–Crippen MR) is 80.0 cm³/mol. The summed E-state index contributed by atoms with van der Waals surface area (Å²) in [5.41, 5.74) is 0. The molecule has 1 unspecified atom stereocenters. The Hall–Kier alpha value is -0.650. The molecule has 0 saturated carbocycles. The lowest BCUT2D eigenvalue weighted by Gasteiger charge is -2.25. The molecule has 5 heteroatoms. The number of carbonyl (C=O) groups is 1. The van der Waals surface area contributed by atoms with Crippen molar-refractivity contribution in [1.29, 1.82) is 0 Å². The maximum absolute atomic E-state index is 11.2. The Bertz CT molecular complexity index is 336. The minimum atomic E-state index is -0.128. The highest BCUT2D eigenvalue weighted by molar-refractivity contribution is 5.68. The first kappa shape index (κ1) is 16.7. The number of carbonyl (C=O) groups excluding carboxylic acids is 1. The SMILES string of the molecule is CCOC(C)O[C@@H]1C[C@H](CCCC(=O)OC)N2CCC[C@@H]12. The van der Waals surface area contributed by atoms with Crippen molar-refractivity contribution in [2.24, 2.45) is 0 Å². The van der Waals surface area contributed by atoms with Crippen molar-refractivity contribution in [3.05, 3.63) is 0 Å². The first-order chi connectivity index (χ1) is 10.2. The summed E-state index contributed by atoms with van der Waals surface area (Å²) < 4.78 is 16.3. The van der Waals surface area contributed by atoms with Gasteiger partial charge in [-0.05, 0) is 52.5 Å². The first-order valence-corrected chi connectivity index (χ1v) is 8.25. The summed E-state index contributed by atoms with van der Waals surface area (Å²) in [5.74, 6) is -0.108. The predicted octanol–water partition coefficient (Wildman–Crippen LogP) is 2.33. The quantitative estimate of drug-likeness (QED) is 0.508. The number of hydrogen-bond acceptors (Lipinski definition) is 5. The van der Waals surface area contributed by atoms with Crippen LogP contribution in [0.5, 0.6) is 0 Å². The minimum absolute atomic E-state index is 0.108. The lowest BCUT2D eigenvalue weighted by molar-refractivity contribution is -0.161. The smallest absolute Gasteiger partial charge is 0.305 e. The van der Waals surface area contributed by atoms with Gasteiger partial charge in [0.05, 0.1) is 13.2 Å². The van der Waals surface area contributed by atoms with Crippen LogP contribution in [0.25, 0.3) is 0 Å². The lowest BCUT2D eigenvalue weighted by Crippen LogP contribution is -2.35. The van der Waals surface area contributed by atoms with Gasteiger partial charge in [-0.1, -0.05) is 0 Å². The molecule has 2 heterocycles. The molecule has 2 saturated heterocycles. The normalized spacial score (nSPS) is 30.3. The summed E-state index contributed by atoms with van der Waals surface area (Å²) in [6.45, 7) is 5.82. The van der Waals surface area contributed by atoms with Gasteiger partial charge in [0.25, 0.3) is 0 Å². The van der Waals surface area contributed by atoms with Gasteiger partial charge >= 0.3 is 5.97 Å². The number of nitrogens with zero attached hydrogens (tertiary/aromatic N) is 1. The van der Waals surface area contributed by atoms with Crippen LogP contribution >= 0.6 is 0 Å². The van der Waals surface area contributed by atoms with Crippen LogP contribution in [-0.2, 0) is 19.0 Å². The number of ether oxygens (including phenoxy) is 3. The molecular weight excluding hydrogens is 270 g/mol. The zero-order chi connectivity index (χ0) is 15.2. The Morgan fingerprint density at radius 3 is 2.95 bits per heavy atom. The highest BCUT2D eigenvalue weighted by Gasteiger charge is 2.44. The van der Waals surface area contributed by atoms with Gasteiger partial charge < -0.3 is 14.2 Å². The fourth-order valence-electron chi connectivity index (χ4n) is 3.76. The van der Waals surface area contributed by atoms with Gasteiger partial charge in [0.1, 0.15) is 0 Å². The summed E-state index contributed by atoms with van der Waals surface area (Å²) in [4.78, 5) is 13.8. The second kappa shape index (κ2) is 8.11. The third kappa shape index (κ3) is 4.41. The Morgan fingerprint density at radius 1 is 1.43 bits per heavy atom. The zero-order valence-electron chi connectivity index (χ0n) is 13.5. The summed E-state index contributed by atoms with van der Waals surface area (Å²) >= 11 is 0. The van der Waals surface area contributed by atoms with Crippen LogP contribution in [0.15, 0.2) is 0 Å². The molecule has 2 rings (SSSR count). The highest BCUT2D eigenvalue weighted by atomic mass is 16.7. The van der Waals surface area contributed by atoms with Gasteiger partial charge in [-0.25, -0.2) is 0 Å². The minimum Gasteiger partial charge on any atom is -0.469 e. The van der Waals surface area contributed by atoms with E-state index in [9.17, 15) is 4.79 Å². The van der Waals surface area contributed by atoms with E-state index >= 15 is 0 Å². The molecule has 2 fully saturated rings. The standard InChI is InChI=1S/C16H29NO4/c1-4-20-12(2)21-15-11-13(7-5-9-16(18)19-3)17-10-6-8-14(15)17/h12-15H,4-11H2,1-3H3/t12?,13-,14-,15+/m0/s1. The van der Waals surface area contributed by atoms with Crippen molar-refractivity contribution in [3.63, 3.8) is 0 Å². The molecular formula is C16H29NO4. The van der Waals surface area contributed by atoms with Crippen molar-refractivity contribution < 1.29 is 19.0 Å². The maximum Gasteiger partial charge on any atom is 0.305 e. The number of rotatable bonds is 8. The Morgan fingerprint density at radius 2 is 2.24 bits per heavy atom. The Kier molecular flexibility index (Phi) is 6.45. The van der Waals surface area contributed by atoms with Gasteiger partial charge in [-0.2, -0.15) is 0 Å². The molecule has 0 spiro atoms. The topological polar surface area (TPSA) is 48.0 Å². The molecule has 0 aromatic rings. The van der Waals surface area contributed by atoms with Gasteiger partial charge in [0, 0.05) is 25.1 Å². The van der Waals surface area contributed by atoms with E-state index in [1.807, 2.05) is 13.8 Å². The van der Waals surface area contributed by atoms with E-state index in [2.05, 4.69) is 4.90 Å². The molecule has 0 aliphatic carbocycles. The molecule has 4 atom stereocenters. The van der Waals surface area contributed by atoms with Crippen LogP contribution in [0.3, 0.4) is 0 Å². The van der Waals surface area contributed by atoms with Crippen LogP contribution in [0.1, 0.15) is 52.4 Å². The second-order valence-corrected chi connectivity index (χ2v) is 6.00. The van der Waals surface area contributed by atoms with Crippen LogP contribution in [0.4, 0.5) is 0 Å². The number of esters is 1. The lowest BCUT2D eigenvalue weighted by atomic mass is 10.0. The van der Waals surface area contributed by atoms with Gasteiger partial charge in [-0.3, -0.25) is 9.69 Å². The molecule has 5 nitrogen and oxygen atoms in total. The molecule has 2 aliphatic heterocycles. The monoisotopic (exact) mass is 299 g/mol. The van der Waals surface area contributed by atoms with Crippen LogP contribution in [0, 0.1) is 0 Å². The van der Waals surface area contributed by atoms with Crippen molar-refractivity contribution >= 4 is 5.97 Å². The van der Waals surface area contributed by atoms with Crippen LogP contribution in [-0.4, -0.2) is 55.6 Å². The largest absolute Gasteiger partial charge is 0.469 e. The third-order valence-corrected chi connectivity index (χ3v) is 4.66. The number of hydrogen-bond donors (Lipinski definition) is 0. The molecule has 0 radical (unpaired) electrons. The Balaban J connectivity index is 1.82. The molecule has 21 heavy (non-hydrogen) atoms. The molecule has 0 amide bonds. The number of methoxy groups -OCH3 is 1. The van der Waals surface area contributed by atoms with Gasteiger partial charge in [0.2, 0.25) is 0 Å². The Labute approximate surface area is 127 Å². The third-order valence-electron chi connectivity index (χ3n) is 4.66. The van der Waals surface area contributed by atoms with E-state index < -0.39 is 0 Å².